The number of benzene rings is 1. The molecule has 1 aromatic carbocycles. The molecule has 0 radical (unpaired) electrons. The van der Waals surface area contributed by atoms with Gasteiger partial charge in [-0.05, 0) is 57.0 Å². The first-order valence-corrected chi connectivity index (χ1v) is 7.12. The van der Waals surface area contributed by atoms with Gasteiger partial charge in [0.25, 0.3) is 0 Å². The number of nitrogens with one attached hydrogen (secondary N) is 1. The lowest BCUT2D eigenvalue weighted by atomic mass is 10.1. The molecule has 0 aromatic heterocycles. The van der Waals surface area contributed by atoms with Crippen molar-refractivity contribution in [2.24, 2.45) is 0 Å². The molecular weight excluding hydrogens is 246 g/mol. The van der Waals surface area contributed by atoms with Gasteiger partial charge >= 0.3 is 0 Å². The first-order valence-electron chi connectivity index (χ1n) is 6.74. The summed E-state index contributed by atoms with van der Waals surface area (Å²) >= 11 is 6.01. The molecule has 1 rings (SSSR count). The first-order chi connectivity index (χ1) is 8.58. The Morgan fingerprint density at radius 2 is 2.06 bits per heavy atom. The second kappa shape index (κ2) is 7.65. The normalized spacial score (nSPS) is 14.3. The Labute approximate surface area is 116 Å². The van der Waals surface area contributed by atoms with E-state index in [0.717, 1.165) is 35.7 Å². The van der Waals surface area contributed by atoms with E-state index in [-0.39, 0.29) is 6.10 Å². The summed E-state index contributed by atoms with van der Waals surface area (Å²) in [5, 5.41) is 4.30. The highest BCUT2D eigenvalue weighted by atomic mass is 35.5. The third-order valence-electron chi connectivity index (χ3n) is 3.11. The van der Waals surface area contributed by atoms with Gasteiger partial charge in [0.1, 0.15) is 11.9 Å². The Kier molecular flexibility index (Phi) is 6.51. The standard InChI is InChI=1S/C15H24ClNO/c1-5-9-17-15(6-2)12(4)18-13-7-8-14(16)11(3)10-13/h7-8,10,12,15,17H,5-6,9H2,1-4H3. The molecule has 0 amide bonds. The largest absolute Gasteiger partial charge is 0.489 e. The number of ether oxygens (including phenoxy) is 1. The maximum Gasteiger partial charge on any atom is 0.120 e. The molecule has 0 saturated heterocycles. The molecule has 0 bridgehead atoms. The fourth-order valence-electron chi connectivity index (χ4n) is 1.96. The maximum absolute atomic E-state index is 6.01. The minimum Gasteiger partial charge on any atom is -0.489 e. The van der Waals surface area contributed by atoms with E-state index in [0.29, 0.717) is 6.04 Å². The predicted molar refractivity (Wildman–Crippen MR) is 78.7 cm³/mol. The Morgan fingerprint density at radius 1 is 1.33 bits per heavy atom. The number of rotatable bonds is 7. The fourth-order valence-corrected chi connectivity index (χ4v) is 2.08. The van der Waals surface area contributed by atoms with Gasteiger partial charge in [-0.25, -0.2) is 0 Å². The fraction of sp³-hybridized carbons (Fsp3) is 0.600. The van der Waals surface area contributed by atoms with Crippen LogP contribution in [0, 0.1) is 6.92 Å². The van der Waals surface area contributed by atoms with Crippen molar-refractivity contribution >= 4 is 11.6 Å². The van der Waals surface area contributed by atoms with E-state index in [4.69, 9.17) is 16.3 Å². The average Bonchev–Trinajstić information content (AvgIpc) is 2.35. The molecule has 0 saturated carbocycles. The summed E-state index contributed by atoms with van der Waals surface area (Å²) in [6.07, 6.45) is 2.36. The van der Waals surface area contributed by atoms with Crippen LogP contribution in [0.5, 0.6) is 5.75 Å². The molecule has 1 N–H and O–H groups in total. The topological polar surface area (TPSA) is 21.3 Å². The van der Waals surface area contributed by atoms with E-state index < -0.39 is 0 Å². The molecule has 3 heteroatoms. The van der Waals surface area contributed by atoms with Crippen LogP contribution in [0.25, 0.3) is 0 Å². The molecule has 0 spiro atoms. The van der Waals surface area contributed by atoms with Gasteiger partial charge in [0, 0.05) is 11.1 Å². The van der Waals surface area contributed by atoms with E-state index in [1.165, 1.54) is 0 Å². The van der Waals surface area contributed by atoms with Crippen LogP contribution in [-0.2, 0) is 0 Å². The third kappa shape index (κ3) is 4.51. The summed E-state index contributed by atoms with van der Waals surface area (Å²) in [6, 6.07) is 6.20. The van der Waals surface area contributed by atoms with Gasteiger partial charge in [-0.2, -0.15) is 0 Å². The van der Waals surface area contributed by atoms with Crippen LogP contribution in [-0.4, -0.2) is 18.7 Å². The second-order valence-corrected chi connectivity index (χ2v) is 5.11. The maximum atomic E-state index is 6.01. The molecule has 102 valence electrons. The highest BCUT2D eigenvalue weighted by molar-refractivity contribution is 6.31. The van der Waals surface area contributed by atoms with Crippen LogP contribution in [0.1, 0.15) is 39.2 Å². The summed E-state index contributed by atoms with van der Waals surface area (Å²) < 4.78 is 5.98. The summed E-state index contributed by atoms with van der Waals surface area (Å²) in [4.78, 5) is 0. The van der Waals surface area contributed by atoms with Crippen LogP contribution in [0.2, 0.25) is 5.02 Å². The van der Waals surface area contributed by atoms with Gasteiger partial charge in [0.05, 0.1) is 0 Å². The van der Waals surface area contributed by atoms with E-state index >= 15 is 0 Å². The van der Waals surface area contributed by atoms with Crippen LogP contribution in [0.15, 0.2) is 18.2 Å². The van der Waals surface area contributed by atoms with Crippen molar-refractivity contribution in [2.45, 2.75) is 52.7 Å². The second-order valence-electron chi connectivity index (χ2n) is 4.70. The quantitative estimate of drug-likeness (QED) is 0.801. The summed E-state index contributed by atoms with van der Waals surface area (Å²) in [6.45, 7) is 9.49. The molecule has 1 aromatic rings. The Bertz CT molecular complexity index is 368. The van der Waals surface area contributed by atoms with Crippen molar-refractivity contribution in [2.75, 3.05) is 6.54 Å². The Hall–Kier alpha value is -0.730. The summed E-state index contributed by atoms with van der Waals surface area (Å²) in [5.74, 6) is 0.890. The summed E-state index contributed by atoms with van der Waals surface area (Å²) in [5.41, 5.74) is 1.05. The van der Waals surface area contributed by atoms with E-state index in [1.807, 2.05) is 25.1 Å². The number of hydrogen-bond acceptors (Lipinski definition) is 2. The lowest BCUT2D eigenvalue weighted by Gasteiger charge is -2.25. The number of aryl methyl sites for hydroxylation is 1. The Morgan fingerprint density at radius 3 is 2.61 bits per heavy atom. The van der Waals surface area contributed by atoms with Gasteiger partial charge in [0.2, 0.25) is 0 Å². The van der Waals surface area contributed by atoms with Crippen molar-refractivity contribution < 1.29 is 4.74 Å². The summed E-state index contributed by atoms with van der Waals surface area (Å²) in [7, 11) is 0. The van der Waals surface area contributed by atoms with E-state index in [2.05, 4.69) is 26.1 Å². The van der Waals surface area contributed by atoms with Crippen molar-refractivity contribution in [3.63, 3.8) is 0 Å². The smallest absolute Gasteiger partial charge is 0.120 e. The molecule has 2 atom stereocenters. The minimum atomic E-state index is 0.155. The van der Waals surface area contributed by atoms with Crippen LogP contribution in [0.4, 0.5) is 0 Å². The van der Waals surface area contributed by atoms with Crippen molar-refractivity contribution in [3.8, 4) is 5.75 Å². The zero-order chi connectivity index (χ0) is 13.5. The van der Waals surface area contributed by atoms with Crippen LogP contribution < -0.4 is 10.1 Å². The SMILES string of the molecule is CCCNC(CC)C(C)Oc1ccc(Cl)c(C)c1. The molecule has 18 heavy (non-hydrogen) atoms. The zero-order valence-electron chi connectivity index (χ0n) is 11.8. The third-order valence-corrected chi connectivity index (χ3v) is 3.54. The molecular formula is C15H24ClNO. The lowest BCUT2D eigenvalue weighted by molar-refractivity contribution is 0.167. The van der Waals surface area contributed by atoms with Crippen molar-refractivity contribution in [1.29, 1.82) is 0 Å². The van der Waals surface area contributed by atoms with Gasteiger partial charge in [-0.3, -0.25) is 0 Å². The highest BCUT2D eigenvalue weighted by Crippen LogP contribution is 2.22. The van der Waals surface area contributed by atoms with Crippen LogP contribution >= 0.6 is 11.6 Å². The molecule has 0 aliphatic carbocycles. The molecule has 0 aliphatic rings. The van der Waals surface area contributed by atoms with E-state index in [1.54, 1.807) is 0 Å². The monoisotopic (exact) mass is 269 g/mol. The zero-order valence-corrected chi connectivity index (χ0v) is 12.6. The number of hydrogen-bond donors (Lipinski definition) is 1. The number of halogens is 1. The first kappa shape index (κ1) is 15.3. The minimum absolute atomic E-state index is 0.155. The van der Waals surface area contributed by atoms with Gasteiger partial charge in [0.15, 0.2) is 0 Å². The Balaban J connectivity index is 2.61. The van der Waals surface area contributed by atoms with Crippen molar-refractivity contribution in [3.05, 3.63) is 28.8 Å². The van der Waals surface area contributed by atoms with Gasteiger partial charge in [-0.1, -0.05) is 25.4 Å². The average molecular weight is 270 g/mol. The molecule has 2 unspecified atom stereocenters. The molecule has 0 heterocycles. The molecule has 0 aliphatic heterocycles. The van der Waals surface area contributed by atoms with Crippen LogP contribution in [0.3, 0.4) is 0 Å². The highest BCUT2D eigenvalue weighted by Gasteiger charge is 2.16. The van der Waals surface area contributed by atoms with Crippen molar-refractivity contribution in [1.82, 2.24) is 5.32 Å². The lowest BCUT2D eigenvalue weighted by Crippen LogP contribution is -2.41. The van der Waals surface area contributed by atoms with E-state index in [9.17, 15) is 0 Å². The predicted octanol–water partition coefficient (Wildman–Crippen LogP) is 4.19. The molecule has 2 nitrogen and oxygen atoms in total. The molecule has 0 fully saturated rings. The van der Waals surface area contributed by atoms with Gasteiger partial charge < -0.3 is 10.1 Å². The van der Waals surface area contributed by atoms with Gasteiger partial charge in [-0.15, -0.1) is 0 Å².